The summed E-state index contributed by atoms with van der Waals surface area (Å²) in [5.41, 5.74) is 0.455. The van der Waals surface area contributed by atoms with E-state index in [1.54, 1.807) is 0 Å². The first-order valence-electron chi connectivity index (χ1n) is 8.39. The molecule has 4 atom stereocenters. The lowest BCUT2D eigenvalue weighted by Gasteiger charge is -2.43. The normalized spacial score (nSPS) is 39.2. The third-order valence-electron chi connectivity index (χ3n) is 5.06. The lowest BCUT2D eigenvalue weighted by Crippen LogP contribution is -2.49. The maximum absolute atomic E-state index is 6.54. The van der Waals surface area contributed by atoms with Crippen LogP contribution in [0.25, 0.3) is 0 Å². The molecule has 2 rings (SSSR count). The maximum Gasteiger partial charge on any atom is 0.0736 e. The molecule has 2 aliphatic rings. The Morgan fingerprint density at radius 3 is 2.68 bits per heavy atom. The van der Waals surface area contributed by atoms with Gasteiger partial charge in [0.2, 0.25) is 0 Å². The van der Waals surface area contributed by atoms with Crippen LogP contribution in [0.4, 0.5) is 0 Å². The Bertz CT molecular complexity index is 276. The second kappa shape index (κ2) is 6.58. The summed E-state index contributed by atoms with van der Waals surface area (Å²) in [6.07, 6.45) is 10.1. The molecule has 2 nitrogen and oxygen atoms in total. The molecule has 2 aliphatic carbocycles. The molecule has 0 heterocycles. The molecule has 2 heteroatoms. The summed E-state index contributed by atoms with van der Waals surface area (Å²) < 4.78 is 6.54. The van der Waals surface area contributed by atoms with Gasteiger partial charge in [0, 0.05) is 6.04 Å². The highest BCUT2D eigenvalue weighted by molar-refractivity contribution is 4.90. The van der Waals surface area contributed by atoms with Crippen LogP contribution in [0.15, 0.2) is 0 Å². The van der Waals surface area contributed by atoms with Crippen molar-refractivity contribution in [2.75, 3.05) is 6.54 Å². The van der Waals surface area contributed by atoms with E-state index in [0.29, 0.717) is 23.7 Å². The molecule has 19 heavy (non-hydrogen) atoms. The second-order valence-corrected chi connectivity index (χ2v) is 7.64. The minimum atomic E-state index is 0.430. The fourth-order valence-corrected chi connectivity index (χ4v) is 3.91. The topological polar surface area (TPSA) is 21.3 Å². The first kappa shape index (κ1) is 15.3. The van der Waals surface area contributed by atoms with Crippen molar-refractivity contribution < 1.29 is 4.74 Å². The Kier molecular flexibility index (Phi) is 5.30. The average molecular weight is 267 g/mol. The summed E-state index contributed by atoms with van der Waals surface area (Å²) in [7, 11) is 0. The number of ether oxygens (including phenoxy) is 1. The minimum absolute atomic E-state index is 0.430. The van der Waals surface area contributed by atoms with Gasteiger partial charge >= 0.3 is 0 Å². The van der Waals surface area contributed by atoms with E-state index in [9.17, 15) is 0 Å². The zero-order valence-corrected chi connectivity index (χ0v) is 13.4. The van der Waals surface area contributed by atoms with Gasteiger partial charge in [0.15, 0.2) is 0 Å². The van der Waals surface area contributed by atoms with Crippen LogP contribution in [0.1, 0.15) is 72.6 Å². The molecule has 0 aromatic rings. The molecule has 2 saturated carbocycles. The molecule has 4 unspecified atom stereocenters. The Balaban J connectivity index is 1.92. The van der Waals surface area contributed by atoms with Crippen molar-refractivity contribution in [2.24, 2.45) is 11.3 Å². The Morgan fingerprint density at radius 1 is 1.21 bits per heavy atom. The second-order valence-electron chi connectivity index (χ2n) is 7.64. The van der Waals surface area contributed by atoms with Crippen LogP contribution in [0.2, 0.25) is 0 Å². The van der Waals surface area contributed by atoms with Crippen LogP contribution in [0, 0.1) is 11.3 Å². The summed E-state index contributed by atoms with van der Waals surface area (Å²) in [4.78, 5) is 0. The van der Waals surface area contributed by atoms with Crippen LogP contribution < -0.4 is 5.32 Å². The van der Waals surface area contributed by atoms with Crippen LogP contribution >= 0.6 is 0 Å². The largest absolute Gasteiger partial charge is 0.373 e. The van der Waals surface area contributed by atoms with Crippen molar-refractivity contribution in [3.63, 3.8) is 0 Å². The first-order chi connectivity index (χ1) is 9.00. The summed E-state index contributed by atoms with van der Waals surface area (Å²) in [5.74, 6) is 0.855. The maximum atomic E-state index is 6.54. The van der Waals surface area contributed by atoms with Gasteiger partial charge < -0.3 is 10.1 Å². The van der Waals surface area contributed by atoms with E-state index in [-0.39, 0.29) is 0 Å². The molecule has 0 aromatic carbocycles. The fraction of sp³-hybridized carbons (Fsp3) is 1.00. The zero-order chi connectivity index (χ0) is 13.9. The molecule has 0 spiro atoms. The van der Waals surface area contributed by atoms with E-state index in [0.717, 1.165) is 12.5 Å². The highest BCUT2D eigenvalue weighted by Crippen LogP contribution is 2.38. The van der Waals surface area contributed by atoms with Gasteiger partial charge in [-0.1, -0.05) is 40.5 Å². The highest BCUT2D eigenvalue weighted by Gasteiger charge is 2.36. The molecular formula is C17H33NO. The van der Waals surface area contributed by atoms with E-state index in [1.165, 1.54) is 44.9 Å². The number of hydrogen-bond donors (Lipinski definition) is 1. The molecular weight excluding hydrogens is 234 g/mol. The number of nitrogens with one attached hydrogen (secondary N) is 1. The number of likely N-dealkylation sites (N-methyl/N-ethyl adjacent to an activating group) is 1. The number of rotatable bonds is 4. The van der Waals surface area contributed by atoms with Crippen LogP contribution in [-0.4, -0.2) is 24.8 Å². The molecule has 0 aromatic heterocycles. The van der Waals surface area contributed by atoms with E-state index in [2.05, 4.69) is 33.0 Å². The van der Waals surface area contributed by atoms with Gasteiger partial charge in [0.05, 0.1) is 12.2 Å². The standard InChI is InChI=1S/C17H33NO/c1-5-18-15-9-10-17(3,4)12-16(15)19-14-8-6-7-13(2)11-14/h13-16,18H,5-12H2,1-4H3. The van der Waals surface area contributed by atoms with Crippen molar-refractivity contribution in [1.29, 1.82) is 0 Å². The quantitative estimate of drug-likeness (QED) is 0.826. The van der Waals surface area contributed by atoms with Gasteiger partial charge in [-0.15, -0.1) is 0 Å². The van der Waals surface area contributed by atoms with Crippen LogP contribution in [0.3, 0.4) is 0 Å². The van der Waals surface area contributed by atoms with E-state index in [4.69, 9.17) is 4.74 Å². The predicted molar refractivity (Wildman–Crippen MR) is 81.4 cm³/mol. The molecule has 0 saturated heterocycles. The third-order valence-corrected chi connectivity index (χ3v) is 5.06. The minimum Gasteiger partial charge on any atom is -0.373 e. The molecule has 2 fully saturated rings. The average Bonchev–Trinajstić information content (AvgIpc) is 2.32. The lowest BCUT2D eigenvalue weighted by atomic mass is 9.73. The zero-order valence-electron chi connectivity index (χ0n) is 13.4. The highest BCUT2D eigenvalue weighted by atomic mass is 16.5. The lowest BCUT2D eigenvalue weighted by molar-refractivity contribution is -0.0865. The molecule has 1 N–H and O–H groups in total. The summed E-state index contributed by atoms with van der Waals surface area (Å²) in [6.45, 7) is 10.4. The van der Waals surface area contributed by atoms with Gasteiger partial charge in [0.1, 0.15) is 0 Å². The fourth-order valence-electron chi connectivity index (χ4n) is 3.91. The smallest absolute Gasteiger partial charge is 0.0736 e. The SMILES string of the molecule is CCNC1CCC(C)(C)CC1OC1CCCC(C)C1. The Morgan fingerprint density at radius 2 is 2.00 bits per heavy atom. The Hall–Kier alpha value is -0.0800. The van der Waals surface area contributed by atoms with Gasteiger partial charge in [-0.3, -0.25) is 0 Å². The van der Waals surface area contributed by atoms with Crippen LogP contribution in [-0.2, 0) is 4.74 Å². The summed E-state index contributed by atoms with van der Waals surface area (Å²) in [6, 6.07) is 0.579. The van der Waals surface area contributed by atoms with Crippen molar-refractivity contribution in [2.45, 2.75) is 90.9 Å². The Labute approximate surface area is 119 Å². The van der Waals surface area contributed by atoms with E-state index >= 15 is 0 Å². The van der Waals surface area contributed by atoms with Gasteiger partial charge in [-0.25, -0.2) is 0 Å². The van der Waals surface area contributed by atoms with Crippen molar-refractivity contribution in [3.05, 3.63) is 0 Å². The summed E-state index contributed by atoms with van der Waals surface area (Å²) >= 11 is 0. The summed E-state index contributed by atoms with van der Waals surface area (Å²) in [5, 5.41) is 3.65. The molecule has 0 radical (unpaired) electrons. The first-order valence-corrected chi connectivity index (χ1v) is 8.39. The van der Waals surface area contributed by atoms with Gasteiger partial charge in [0.25, 0.3) is 0 Å². The predicted octanol–water partition coefficient (Wildman–Crippen LogP) is 4.14. The number of hydrogen-bond acceptors (Lipinski definition) is 2. The molecule has 0 amide bonds. The monoisotopic (exact) mass is 267 g/mol. The van der Waals surface area contributed by atoms with Crippen molar-refractivity contribution in [3.8, 4) is 0 Å². The van der Waals surface area contributed by atoms with E-state index in [1.807, 2.05) is 0 Å². The van der Waals surface area contributed by atoms with Gasteiger partial charge in [-0.2, -0.15) is 0 Å². The van der Waals surface area contributed by atoms with Crippen LogP contribution in [0.5, 0.6) is 0 Å². The molecule has 0 aliphatic heterocycles. The third kappa shape index (κ3) is 4.46. The van der Waals surface area contributed by atoms with Gasteiger partial charge in [-0.05, 0) is 50.0 Å². The molecule has 0 bridgehead atoms. The van der Waals surface area contributed by atoms with Crippen molar-refractivity contribution in [1.82, 2.24) is 5.32 Å². The molecule has 112 valence electrons. The van der Waals surface area contributed by atoms with E-state index < -0.39 is 0 Å². The van der Waals surface area contributed by atoms with Crippen molar-refractivity contribution >= 4 is 0 Å².